The third-order valence-corrected chi connectivity index (χ3v) is 4.26. The van der Waals surface area contributed by atoms with E-state index >= 15 is 0 Å². The third kappa shape index (κ3) is 11.6. The molecule has 0 radical (unpaired) electrons. The molecule has 1 rings (SSSR count). The highest BCUT2D eigenvalue weighted by atomic mass is 127. The summed E-state index contributed by atoms with van der Waals surface area (Å²) in [5.74, 6) is 0.662. The molecule has 1 heterocycles. The molecule has 1 aliphatic rings. The van der Waals surface area contributed by atoms with E-state index in [9.17, 15) is 4.79 Å². The van der Waals surface area contributed by atoms with Gasteiger partial charge in [-0.15, -0.1) is 24.0 Å². The molecule has 0 spiro atoms. The Kier molecular flexibility index (Phi) is 12.4. The van der Waals surface area contributed by atoms with Gasteiger partial charge in [0.05, 0.1) is 6.54 Å². The number of carbonyl (C=O) groups is 1. The Hall–Kier alpha value is -0.570. The third-order valence-electron chi connectivity index (χ3n) is 4.26. The number of carbonyl (C=O) groups excluding carboxylic acids is 1. The van der Waals surface area contributed by atoms with E-state index in [1.165, 1.54) is 38.8 Å². The van der Waals surface area contributed by atoms with Crippen LogP contribution in [0.5, 0.6) is 0 Å². The van der Waals surface area contributed by atoms with Gasteiger partial charge in [0.2, 0.25) is 5.91 Å². The van der Waals surface area contributed by atoms with Crippen LogP contribution in [0.25, 0.3) is 0 Å². The molecule has 1 aliphatic heterocycles. The van der Waals surface area contributed by atoms with Crippen molar-refractivity contribution in [2.45, 2.75) is 71.4 Å². The molecule has 1 unspecified atom stereocenters. The van der Waals surface area contributed by atoms with E-state index in [2.05, 4.69) is 32.8 Å². The van der Waals surface area contributed by atoms with Crippen LogP contribution in [0.1, 0.15) is 59.8 Å². The summed E-state index contributed by atoms with van der Waals surface area (Å²) in [5.41, 5.74) is -0.207. The zero-order valence-corrected chi connectivity index (χ0v) is 19.0. The lowest BCUT2D eigenvalue weighted by Gasteiger charge is -2.33. The van der Waals surface area contributed by atoms with Gasteiger partial charge in [0.25, 0.3) is 0 Å². The summed E-state index contributed by atoms with van der Waals surface area (Å²) >= 11 is 0. The maximum Gasteiger partial charge on any atom is 0.239 e. The van der Waals surface area contributed by atoms with Crippen molar-refractivity contribution in [1.29, 1.82) is 0 Å². The maximum absolute atomic E-state index is 11.8. The molecule has 0 aliphatic carbocycles. The molecule has 25 heavy (non-hydrogen) atoms. The van der Waals surface area contributed by atoms with Crippen LogP contribution in [0.3, 0.4) is 0 Å². The Morgan fingerprint density at radius 2 is 1.92 bits per heavy atom. The molecule has 7 heteroatoms. The summed E-state index contributed by atoms with van der Waals surface area (Å²) in [7, 11) is 1.73. The Labute approximate surface area is 171 Å². The molecule has 0 aromatic rings. The van der Waals surface area contributed by atoms with Crippen molar-refractivity contribution in [1.82, 2.24) is 20.9 Å². The molecule has 1 fully saturated rings. The lowest BCUT2D eigenvalue weighted by atomic mass is 10.0. The van der Waals surface area contributed by atoms with E-state index in [-0.39, 0.29) is 42.0 Å². The summed E-state index contributed by atoms with van der Waals surface area (Å²) < 4.78 is 0. The molecule has 0 aromatic carbocycles. The Morgan fingerprint density at radius 3 is 2.52 bits per heavy atom. The van der Waals surface area contributed by atoms with Crippen molar-refractivity contribution in [3.8, 4) is 0 Å². The molecule has 0 bridgehead atoms. The highest BCUT2D eigenvalue weighted by molar-refractivity contribution is 14.0. The first-order valence-electron chi connectivity index (χ1n) is 9.31. The lowest BCUT2D eigenvalue weighted by Crippen LogP contribution is -2.48. The van der Waals surface area contributed by atoms with E-state index in [4.69, 9.17) is 0 Å². The standard InChI is InChI=1S/C18H37N5O.HI/c1-15-10-6-8-12-23(15)13-9-7-11-20-17(19-5)21-14-16(24)22-18(2,3)4;/h15H,6-14H2,1-5H3,(H,22,24)(H2,19,20,21);1H. The van der Waals surface area contributed by atoms with Crippen LogP contribution < -0.4 is 16.0 Å². The minimum absolute atomic E-state index is 0. The molecule has 3 N–H and O–H groups in total. The lowest BCUT2D eigenvalue weighted by molar-refractivity contribution is -0.121. The average molecular weight is 467 g/mol. The van der Waals surface area contributed by atoms with Gasteiger partial charge in [-0.05, 0) is 66.5 Å². The second kappa shape index (κ2) is 12.7. The molecular weight excluding hydrogens is 429 g/mol. The highest BCUT2D eigenvalue weighted by Gasteiger charge is 2.17. The van der Waals surface area contributed by atoms with Crippen LogP contribution in [0.4, 0.5) is 0 Å². The van der Waals surface area contributed by atoms with Crippen LogP contribution in [0.15, 0.2) is 4.99 Å². The first kappa shape index (κ1) is 24.4. The molecule has 1 saturated heterocycles. The van der Waals surface area contributed by atoms with Crippen molar-refractivity contribution in [2.24, 2.45) is 4.99 Å². The fourth-order valence-electron chi connectivity index (χ4n) is 2.98. The van der Waals surface area contributed by atoms with Gasteiger partial charge in [0.15, 0.2) is 5.96 Å². The second-order valence-corrected chi connectivity index (χ2v) is 7.74. The number of halogens is 1. The number of hydrogen-bond donors (Lipinski definition) is 3. The first-order chi connectivity index (χ1) is 11.3. The van der Waals surface area contributed by atoms with Crippen LogP contribution in [0, 0.1) is 0 Å². The quantitative estimate of drug-likeness (QED) is 0.233. The van der Waals surface area contributed by atoms with Gasteiger partial charge in [0, 0.05) is 25.2 Å². The van der Waals surface area contributed by atoms with E-state index in [0.29, 0.717) is 5.96 Å². The molecule has 148 valence electrons. The smallest absolute Gasteiger partial charge is 0.239 e. The summed E-state index contributed by atoms with van der Waals surface area (Å²) in [6.45, 7) is 11.8. The van der Waals surface area contributed by atoms with Crippen molar-refractivity contribution in [3.05, 3.63) is 0 Å². The van der Waals surface area contributed by atoms with Crippen molar-refractivity contribution in [3.63, 3.8) is 0 Å². The molecule has 0 saturated carbocycles. The van der Waals surface area contributed by atoms with Crippen LogP contribution in [0.2, 0.25) is 0 Å². The number of piperidine rings is 1. The Morgan fingerprint density at radius 1 is 1.20 bits per heavy atom. The average Bonchev–Trinajstić information content (AvgIpc) is 2.50. The number of rotatable bonds is 7. The number of aliphatic imine (C=N–C) groups is 1. The Bertz CT molecular complexity index is 409. The zero-order chi connectivity index (χ0) is 18.0. The number of hydrogen-bond acceptors (Lipinski definition) is 3. The molecule has 1 amide bonds. The first-order valence-corrected chi connectivity index (χ1v) is 9.31. The maximum atomic E-state index is 11.8. The minimum Gasteiger partial charge on any atom is -0.356 e. The van der Waals surface area contributed by atoms with Crippen LogP contribution >= 0.6 is 24.0 Å². The number of amides is 1. The number of likely N-dealkylation sites (tertiary alicyclic amines) is 1. The summed E-state index contributed by atoms with van der Waals surface area (Å²) in [4.78, 5) is 18.6. The zero-order valence-electron chi connectivity index (χ0n) is 16.7. The van der Waals surface area contributed by atoms with Crippen LogP contribution in [-0.4, -0.2) is 61.6 Å². The predicted octanol–water partition coefficient (Wildman–Crippen LogP) is 2.34. The topological polar surface area (TPSA) is 68.8 Å². The highest BCUT2D eigenvalue weighted by Crippen LogP contribution is 2.16. The summed E-state index contributed by atoms with van der Waals surface area (Å²) in [6, 6.07) is 0.738. The number of nitrogens with zero attached hydrogens (tertiary/aromatic N) is 2. The largest absolute Gasteiger partial charge is 0.356 e. The second-order valence-electron chi connectivity index (χ2n) is 7.74. The summed E-state index contributed by atoms with van der Waals surface area (Å²) in [6.07, 6.45) is 6.36. The number of unbranched alkanes of at least 4 members (excludes halogenated alkanes) is 1. The Balaban J connectivity index is 0.00000576. The van der Waals surface area contributed by atoms with Crippen molar-refractivity contribution in [2.75, 3.05) is 33.2 Å². The summed E-state index contributed by atoms with van der Waals surface area (Å²) in [5, 5.41) is 9.26. The van der Waals surface area contributed by atoms with Gasteiger partial charge in [-0.2, -0.15) is 0 Å². The van der Waals surface area contributed by atoms with Crippen LogP contribution in [-0.2, 0) is 4.79 Å². The van der Waals surface area contributed by atoms with Crippen molar-refractivity contribution < 1.29 is 4.79 Å². The van der Waals surface area contributed by atoms with Gasteiger partial charge in [-0.1, -0.05) is 6.42 Å². The molecule has 1 atom stereocenters. The van der Waals surface area contributed by atoms with E-state index in [1.807, 2.05) is 20.8 Å². The van der Waals surface area contributed by atoms with E-state index < -0.39 is 0 Å². The monoisotopic (exact) mass is 467 g/mol. The van der Waals surface area contributed by atoms with Gasteiger partial charge in [-0.25, -0.2) is 0 Å². The number of nitrogens with one attached hydrogen (secondary N) is 3. The van der Waals surface area contributed by atoms with Gasteiger partial charge in [-0.3, -0.25) is 9.79 Å². The SMILES string of the molecule is CN=C(NCCCCN1CCCCC1C)NCC(=O)NC(C)(C)C.I. The predicted molar refractivity (Wildman–Crippen MR) is 117 cm³/mol. The molecule has 6 nitrogen and oxygen atoms in total. The van der Waals surface area contributed by atoms with Gasteiger partial charge < -0.3 is 20.9 Å². The molecular formula is C18H38IN5O. The normalized spacial score (nSPS) is 19.1. The fourth-order valence-corrected chi connectivity index (χ4v) is 2.98. The minimum atomic E-state index is -0.207. The van der Waals surface area contributed by atoms with Gasteiger partial charge >= 0.3 is 0 Å². The number of guanidine groups is 1. The fraction of sp³-hybridized carbons (Fsp3) is 0.889. The van der Waals surface area contributed by atoms with Gasteiger partial charge in [0.1, 0.15) is 0 Å². The van der Waals surface area contributed by atoms with E-state index in [1.54, 1.807) is 7.05 Å². The van der Waals surface area contributed by atoms with Crippen molar-refractivity contribution >= 4 is 35.8 Å². The molecule has 0 aromatic heterocycles. The van der Waals surface area contributed by atoms with E-state index in [0.717, 1.165) is 19.0 Å².